The fourth-order valence-corrected chi connectivity index (χ4v) is 2.20. The minimum absolute atomic E-state index is 0.200. The van der Waals surface area contributed by atoms with Gasteiger partial charge < -0.3 is 4.74 Å². The first kappa shape index (κ1) is 12.6. The van der Waals surface area contributed by atoms with E-state index in [1.807, 2.05) is 12.1 Å². The lowest BCUT2D eigenvalue weighted by Crippen LogP contribution is -2.44. The van der Waals surface area contributed by atoms with Crippen molar-refractivity contribution in [1.29, 1.82) is 0 Å². The highest BCUT2D eigenvalue weighted by Gasteiger charge is 2.31. The molecular weight excluding hydrogens is 259 g/mol. The summed E-state index contributed by atoms with van der Waals surface area (Å²) in [5, 5.41) is 0. The van der Waals surface area contributed by atoms with Crippen LogP contribution >= 0.6 is 0 Å². The Bertz CT molecular complexity index is 646. The number of anilines is 1. The molecule has 1 aromatic carbocycles. The molecule has 0 saturated heterocycles. The standard InChI is InChI=1S/C15H13FN2O2/c1-10-15(19)18(9-12-4-2-3-7-17-12)13-8-11(16)5-6-14(13)20-10/h2-8,10H,9H2,1H3. The second-order valence-electron chi connectivity index (χ2n) is 4.62. The van der Waals surface area contributed by atoms with Crippen LogP contribution in [0.5, 0.6) is 5.75 Å². The van der Waals surface area contributed by atoms with E-state index in [-0.39, 0.29) is 5.91 Å². The number of ether oxygens (including phenoxy) is 1. The van der Waals surface area contributed by atoms with Gasteiger partial charge in [-0.15, -0.1) is 0 Å². The number of pyridine rings is 1. The number of halogens is 1. The Morgan fingerprint density at radius 2 is 2.20 bits per heavy atom. The van der Waals surface area contributed by atoms with Crippen LogP contribution in [0, 0.1) is 5.82 Å². The summed E-state index contributed by atoms with van der Waals surface area (Å²) < 4.78 is 18.9. The normalized spacial score (nSPS) is 17.6. The van der Waals surface area contributed by atoms with Crippen molar-refractivity contribution in [3.8, 4) is 5.75 Å². The van der Waals surface area contributed by atoms with Crippen LogP contribution in [0.3, 0.4) is 0 Å². The smallest absolute Gasteiger partial charge is 0.268 e. The zero-order valence-corrected chi connectivity index (χ0v) is 10.9. The highest BCUT2D eigenvalue weighted by Crippen LogP contribution is 2.35. The number of carbonyl (C=O) groups is 1. The lowest BCUT2D eigenvalue weighted by atomic mass is 10.1. The number of nitrogens with zero attached hydrogens (tertiary/aromatic N) is 2. The summed E-state index contributed by atoms with van der Waals surface area (Å²) in [5.41, 5.74) is 1.18. The van der Waals surface area contributed by atoms with Crippen molar-refractivity contribution in [2.75, 3.05) is 4.90 Å². The third-order valence-corrected chi connectivity index (χ3v) is 3.18. The molecule has 0 fully saturated rings. The van der Waals surface area contributed by atoms with Crippen LogP contribution in [0.15, 0.2) is 42.6 Å². The van der Waals surface area contributed by atoms with Gasteiger partial charge in [0.15, 0.2) is 6.10 Å². The molecule has 0 radical (unpaired) electrons. The van der Waals surface area contributed by atoms with E-state index in [0.717, 1.165) is 5.69 Å². The molecule has 102 valence electrons. The maximum Gasteiger partial charge on any atom is 0.268 e. The van der Waals surface area contributed by atoms with E-state index in [1.165, 1.54) is 17.0 Å². The van der Waals surface area contributed by atoms with Gasteiger partial charge in [-0.2, -0.15) is 0 Å². The molecular formula is C15H13FN2O2. The molecule has 1 unspecified atom stereocenters. The predicted octanol–water partition coefficient (Wildman–Crippen LogP) is 2.53. The van der Waals surface area contributed by atoms with Gasteiger partial charge in [0.05, 0.1) is 17.9 Å². The van der Waals surface area contributed by atoms with Gasteiger partial charge in [-0.25, -0.2) is 4.39 Å². The second-order valence-corrected chi connectivity index (χ2v) is 4.62. The first-order valence-corrected chi connectivity index (χ1v) is 6.32. The Morgan fingerprint density at radius 3 is 2.95 bits per heavy atom. The summed E-state index contributed by atoms with van der Waals surface area (Å²) in [5.74, 6) is -0.0936. The van der Waals surface area contributed by atoms with E-state index in [4.69, 9.17) is 4.74 Å². The van der Waals surface area contributed by atoms with E-state index in [9.17, 15) is 9.18 Å². The molecule has 1 atom stereocenters. The van der Waals surface area contributed by atoms with Gasteiger partial charge in [-0.05, 0) is 31.2 Å². The van der Waals surface area contributed by atoms with Crippen LogP contribution in [-0.4, -0.2) is 17.0 Å². The van der Waals surface area contributed by atoms with E-state index >= 15 is 0 Å². The summed E-state index contributed by atoms with van der Waals surface area (Å²) in [7, 11) is 0. The zero-order valence-electron chi connectivity index (χ0n) is 10.9. The third kappa shape index (κ3) is 2.22. The minimum atomic E-state index is -0.586. The van der Waals surface area contributed by atoms with Crippen LogP contribution < -0.4 is 9.64 Å². The molecule has 2 aromatic rings. The summed E-state index contributed by atoms with van der Waals surface area (Å²) in [6.07, 6.45) is 1.08. The van der Waals surface area contributed by atoms with Gasteiger partial charge in [0.1, 0.15) is 11.6 Å². The third-order valence-electron chi connectivity index (χ3n) is 3.18. The Hall–Kier alpha value is -2.43. The molecule has 0 N–H and O–H groups in total. The van der Waals surface area contributed by atoms with E-state index in [1.54, 1.807) is 25.3 Å². The van der Waals surface area contributed by atoms with Crippen molar-refractivity contribution in [1.82, 2.24) is 4.98 Å². The number of carbonyl (C=O) groups excluding carboxylic acids is 1. The second kappa shape index (κ2) is 4.92. The fraction of sp³-hybridized carbons (Fsp3) is 0.200. The number of fused-ring (bicyclic) bond motifs is 1. The van der Waals surface area contributed by atoms with Crippen LogP contribution in [0.4, 0.5) is 10.1 Å². The van der Waals surface area contributed by atoms with Crippen LogP contribution in [-0.2, 0) is 11.3 Å². The Morgan fingerprint density at radius 1 is 1.35 bits per heavy atom. The minimum Gasteiger partial charge on any atom is -0.479 e. The van der Waals surface area contributed by atoms with Crippen molar-refractivity contribution < 1.29 is 13.9 Å². The number of rotatable bonds is 2. The van der Waals surface area contributed by atoms with Gasteiger partial charge in [0.2, 0.25) is 0 Å². The molecule has 2 heterocycles. The molecule has 5 heteroatoms. The number of amides is 1. The topological polar surface area (TPSA) is 42.4 Å². The Kier molecular flexibility index (Phi) is 3.10. The van der Waals surface area contributed by atoms with Crippen LogP contribution in [0.25, 0.3) is 0 Å². The van der Waals surface area contributed by atoms with E-state index < -0.39 is 11.9 Å². The molecule has 0 spiro atoms. The maximum absolute atomic E-state index is 13.4. The Balaban J connectivity index is 2.00. The number of hydrogen-bond acceptors (Lipinski definition) is 3. The summed E-state index contributed by atoms with van der Waals surface area (Å²) in [6, 6.07) is 9.65. The van der Waals surface area contributed by atoms with E-state index in [0.29, 0.717) is 18.0 Å². The van der Waals surface area contributed by atoms with Crippen molar-refractivity contribution in [2.45, 2.75) is 19.6 Å². The molecule has 4 nitrogen and oxygen atoms in total. The van der Waals surface area contributed by atoms with Gasteiger partial charge in [-0.3, -0.25) is 14.7 Å². The lowest BCUT2D eigenvalue weighted by molar-refractivity contribution is -0.125. The number of aromatic nitrogens is 1. The van der Waals surface area contributed by atoms with Crippen molar-refractivity contribution in [3.05, 3.63) is 54.1 Å². The van der Waals surface area contributed by atoms with Crippen molar-refractivity contribution in [3.63, 3.8) is 0 Å². The van der Waals surface area contributed by atoms with Gasteiger partial charge in [0.25, 0.3) is 5.91 Å². The number of hydrogen-bond donors (Lipinski definition) is 0. The molecule has 1 aliphatic rings. The number of benzene rings is 1. The van der Waals surface area contributed by atoms with Crippen molar-refractivity contribution >= 4 is 11.6 Å². The van der Waals surface area contributed by atoms with Gasteiger partial charge in [-0.1, -0.05) is 6.07 Å². The Labute approximate surface area is 115 Å². The maximum atomic E-state index is 13.4. The van der Waals surface area contributed by atoms with E-state index in [2.05, 4.69) is 4.98 Å². The monoisotopic (exact) mass is 272 g/mol. The summed E-state index contributed by atoms with van der Waals surface area (Å²) >= 11 is 0. The molecule has 0 bridgehead atoms. The SMILES string of the molecule is CC1Oc2ccc(F)cc2N(Cc2ccccn2)C1=O. The summed E-state index contributed by atoms with van der Waals surface area (Å²) in [4.78, 5) is 18.0. The predicted molar refractivity (Wildman–Crippen MR) is 71.9 cm³/mol. The molecule has 1 amide bonds. The average Bonchev–Trinajstić information content (AvgIpc) is 2.46. The molecule has 20 heavy (non-hydrogen) atoms. The average molecular weight is 272 g/mol. The lowest BCUT2D eigenvalue weighted by Gasteiger charge is -2.32. The molecule has 0 saturated carbocycles. The molecule has 3 rings (SSSR count). The van der Waals surface area contributed by atoms with Crippen LogP contribution in [0.1, 0.15) is 12.6 Å². The molecule has 1 aromatic heterocycles. The van der Waals surface area contributed by atoms with Gasteiger partial charge >= 0.3 is 0 Å². The fourth-order valence-electron chi connectivity index (χ4n) is 2.20. The quantitative estimate of drug-likeness (QED) is 0.843. The highest BCUT2D eigenvalue weighted by molar-refractivity contribution is 5.99. The largest absolute Gasteiger partial charge is 0.479 e. The first-order chi connectivity index (χ1) is 9.65. The van der Waals surface area contributed by atoms with Crippen LogP contribution in [0.2, 0.25) is 0 Å². The highest BCUT2D eigenvalue weighted by atomic mass is 19.1. The van der Waals surface area contributed by atoms with Gasteiger partial charge in [0, 0.05) is 12.3 Å². The molecule has 1 aliphatic heterocycles. The zero-order chi connectivity index (χ0) is 14.1. The van der Waals surface area contributed by atoms with Crippen molar-refractivity contribution in [2.24, 2.45) is 0 Å². The molecule has 0 aliphatic carbocycles. The summed E-state index contributed by atoms with van der Waals surface area (Å²) in [6.45, 7) is 1.98. The first-order valence-electron chi connectivity index (χ1n) is 6.32.